The van der Waals surface area contributed by atoms with Crippen LogP contribution in [0.4, 0.5) is 11.4 Å². The summed E-state index contributed by atoms with van der Waals surface area (Å²) < 4.78 is 30.2. The number of Topliss-reactive ketones (excluding diaryl/α,β-unsaturated/α-hetero) is 1. The van der Waals surface area contributed by atoms with E-state index < -0.39 is 39.2 Å². The van der Waals surface area contributed by atoms with E-state index in [1.165, 1.54) is 34.6 Å². The summed E-state index contributed by atoms with van der Waals surface area (Å²) >= 11 is 0. The summed E-state index contributed by atoms with van der Waals surface area (Å²) in [5.74, 6) is -1.61. The Morgan fingerprint density at radius 3 is 2.44 bits per heavy atom. The summed E-state index contributed by atoms with van der Waals surface area (Å²) in [5.41, 5.74) is 1.66. The number of sulfonamides is 1. The molecule has 0 aliphatic carbocycles. The third-order valence-corrected chi connectivity index (χ3v) is 6.38. The largest absolute Gasteiger partial charge is 0.457 e. The topological polar surface area (TPSA) is 153 Å². The lowest BCUT2D eigenvalue weighted by Gasteiger charge is -2.29. The lowest BCUT2D eigenvalue weighted by Crippen LogP contribution is -2.34. The molecular formula is C22H23N3O8S. The number of hydrogen-bond donors (Lipinski definition) is 1. The number of amides is 1. The molecule has 3 rings (SSSR count). The van der Waals surface area contributed by atoms with Crippen LogP contribution < -0.4 is 9.62 Å². The predicted octanol–water partition coefficient (Wildman–Crippen LogP) is 1.85. The number of esters is 1. The maximum atomic E-state index is 12.4. The summed E-state index contributed by atoms with van der Waals surface area (Å²) in [7, 11) is -3.41. The zero-order chi connectivity index (χ0) is 24.9. The Morgan fingerprint density at radius 1 is 1.12 bits per heavy atom. The van der Waals surface area contributed by atoms with Gasteiger partial charge in [0.1, 0.15) is 0 Å². The Balaban J connectivity index is 1.47. The molecule has 1 aliphatic heterocycles. The van der Waals surface area contributed by atoms with Gasteiger partial charge in [0.05, 0.1) is 23.3 Å². The maximum Gasteiger partial charge on any atom is 0.308 e. The minimum Gasteiger partial charge on any atom is -0.457 e. The number of fused-ring (bicyclic) bond motifs is 1. The van der Waals surface area contributed by atoms with E-state index in [1.54, 1.807) is 12.1 Å². The van der Waals surface area contributed by atoms with Crippen molar-refractivity contribution in [2.45, 2.75) is 19.3 Å². The smallest absolute Gasteiger partial charge is 0.308 e. The molecule has 2 aromatic carbocycles. The van der Waals surface area contributed by atoms with E-state index in [2.05, 4.69) is 5.32 Å². The highest BCUT2D eigenvalue weighted by atomic mass is 32.2. The minimum atomic E-state index is -3.41. The van der Waals surface area contributed by atoms with Gasteiger partial charge in [-0.1, -0.05) is 0 Å². The standard InChI is InChI=1S/C22H23N3O8S/c1-34(31,32)24-12-2-3-16-13-17(6-9-19(16)24)20(26)14-33-21(27)10-11-23-22(28)15-4-7-18(8-5-15)25(29)30/h4-9,13H,2-3,10-12,14H2,1H3,(H,23,28). The number of benzene rings is 2. The molecule has 0 unspecified atom stereocenters. The Kier molecular flexibility index (Phi) is 7.61. The van der Waals surface area contributed by atoms with Crippen molar-refractivity contribution in [2.75, 3.05) is 30.3 Å². The SMILES string of the molecule is CS(=O)(=O)N1CCCc2cc(C(=O)COC(=O)CCNC(=O)c3ccc([N+](=O)[O-])cc3)ccc21. The third kappa shape index (κ3) is 6.16. The average molecular weight is 490 g/mol. The molecule has 0 spiro atoms. The first-order valence-electron chi connectivity index (χ1n) is 10.4. The highest BCUT2D eigenvalue weighted by molar-refractivity contribution is 7.92. The van der Waals surface area contributed by atoms with E-state index in [0.29, 0.717) is 30.6 Å². The number of nitro groups is 1. The molecule has 2 aromatic rings. The molecule has 1 aliphatic rings. The van der Waals surface area contributed by atoms with Gasteiger partial charge in [-0.3, -0.25) is 28.8 Å². The number of non-ortho nitro benzene ring substituents is 1. The molecular weight excluding hydrogens is 466 g/mol. The number of nitrogens with zero attached hydrogens (tertiary/aromatic N) is 2. The zero-order valence-electron chi connectivity index (χ0n) is 18.4. The summed E-state index contributed by atoms with van der Waals surface area (Å²) in [4.78, 5) is 46.5. The molecule has 0 radical (unpaired) electrons. The molecule has 0 bridgehead atoms. The first kappa shape index (κ1) is 24.8. The Hall–Kier alpha value is -3.80. The molecule has 34 heavy (non-hydrogen) atoms. The van der Waals surface area contributed by atoms with Gasteiger partial charge in [-0.15, -0.1) is 0 Å². The minimum absolute atomic E-state index is 0.0387. The molecule has 0 atom stereocenters. The Labute approximate surface area is 195 Å². The average Bonchev–Trinajstić information content (AvgIpc) is 2.81. The van der Waals surface area contributed by atoms with Gasteiger partial charge in [0.25, 0.3) is 11.6 Å². The molecule has 0 saturated carbocycles. The number of carbonyl (C=O) groups is 3. The molecule has 1 N–H and O–H groups in total. The van der Waals surface area contributed by atoms with E-state index in [-0.39, 0.29) is 24.2 Å². The van der Waals surface area contributed by atoms with Gasteiger partial charge in [0.15, 0.2) is 12.4 Å². The van der Waals surface area contributed by atoms with Crippen LogP contribution >= 0.6 is 0 Å². The van der Waals surface area contributed by atoms with E-state index in [4.69, 9.17) is 4.74 Å². The van der Waals surface area contributed by atoms with Crippen LogP contribution in [-0.4, -0.2) is 57.0 Å². The number of ether oxygens (including phenoxy) is 1. The van der Waals surface area contributed by atoms with Gasteiger partial charge in [0.2, 0.25) is 10.0 Å². The molecule has 11 nitrogen and oxygen atoms in total. The predicted molar refractivity (Wildman–Crippen MR) is 122 cm³/mol. The van der Waals surface area contributed by atoms with E-state index in [1.807, 2.05) is 0 Å². The number of ketones is 1. The van der Waals surface area contributed by atoms with Crippen LogP contribution in [0.1, 0.15) is 39.1 Å². The number of nitro benzene ring substituents is 1. The Bertz CT molecular complexity index is 1230. The fourth-order valence-electron chi connectivity index (χ4n) is 3.50. The zero-order valence-corrected chi connectivity index (χ0v) is 19.2. The van der Waals surface area contributed by atoms with Gasteiger partial charge >= 0.3 is 5.97 Å². The quantitative estimate of drug-likeness (QED) is 0.242. The first-order chi connectivity index (χ1) is 16.1. The van der Waals surface area contributed by atoms with Gasteiger partial charge in [-0.25, -0.2) is 8.42 Å². The Morgan fingerprint density at radius 2 is 1.79 bits per heavy atom. The number of anilines is 1. The van der Waals surface area contributed by atoms with Crippen molar-refractivity contribution in [3.05, 3.63) is 69.3 Å². The van der Waals surface area contributed by atoms with Crippen molar-refractivity contribution >= 4 is 39.1 Å². The van der Waals surface area contributed by atoms with Gasteiger partial charge in [-0.05, 0) is 48.7 Å². The van der Waals surface area contributed by atoms with Crippen molar-refractivity contribution in [3.8, 4) is 0 Å². The number of carbonyl (C=O) groups excluding carboxylic acids is 3. The van der Waals surface area contributed by atoms with Crippen molar-refractivity contribution in [2.24, 2.45) is 0 Å². The van der Waals surface area contributed by atoms with E-state index in [9.17, 15) is 32.9 Å². The lowest BCUT2D eigenvalue weighted by molar-refractivity contribution is -0.384. The molecule has 0 saturated heterocycles. The van der Waals surface area contributed by atoms with Crippen LogP contribution in [0, 0.1) is 10.1 Å². The molecule has 180 valence electrons. The first-order valence-corrected chi connectivity index (χ1v) is 12.2. The second kappa shape index (κ2) is 10.4. The van der Waals surface area contributed by atoms with Gasteiger partial charge in [0, 0.05) is 36.3 Å². The number of hydrogen-bond acceptors (Lipinski definition) is 8. The summed E-state index contributed by atoms with van der Waals surface area (Å²) in [6.45, 7) is -0.135. The van der Waals surface area contributed by atoms with Crippen LogP contribution in [0.2, 0.25) is 0 Å². The lowest BCUT2D eigenvalue weighted by atomic mass is 9.99. The fourth-order valence-corrected chi connectivity index (χ4v) is 4.49. The van der Waals surface area contributed by atoms with E-state index in [0.717, 1.165) is 11.8 Å². The second-order valence-corrected chi connectivity index (χ2v) is 9.58. The maximum absolute atomic E-state index is 12.4. The van der Waals surface area contributed by atoms with Crippen LogP contribution in [0.5, 0.6) is 0 Å². The van der Waals surface area contributed by atoms with Crippen LogP contribution in [0.25, 0.3) is 0 Å². The van der Waals surface area contributed by atoms with E-state index >= 15 is 0 Å². The molecule has 12 heteroatoms. The van der Waals surface area contributed by atoms with Crippen molar-refractivity contribution in [1.29, 1.82) is 0 Å². The van der Waals surface area contributed by atoms with Crippen molar-refractivity contribution in [1.82, 2.24) is 5.32 Å². The number of rotatable bonds is 9. The van der Waals surface area contributed by atoms with Crippen LogP contribution in [0.15, 0.2) is 42.5 Å². The molecule has 1 heterocycles. The summed E-state index contributed by atoms with van der Waals surface area (Å²) in [6, 6.07) is 9.72. The molecule has 0 aromatic heterocycles. The number of aryl methyl sites for hydroxylation is 1. The van der Waals surface area contributed by atoms with Crippen LogP contribution in [0.3, 0.4) is 0 Å². The highest BCUT2D eigenvalue weighted by Crippen LogP contribution is 2.30. The van der Waals surface area contributed by atoms with Crippen LogP contribution in [-0.2, 0) is 26.0 Å². The van der Waals surface area contributed by atoms with Gasteiger partial charge in [-0.2, -0.15) is 0 Å². The normalized spacial score (nSPS) is 13.0. The molecule has 0 fully saturated rings. The fraction of sp³-hybridized carbons (Fsp3) is 0.318. The summed E-state index contributed by atoms with van der Waals surface area (Å²) in [6.07, 6.45) is 2.24. The monoisotopic (exact) mass is 489 g/mol. The number of nitrogens with one attached hydrogen (secondary N) is 1. The third-order valence-electron chi connectivity index (χ3n) is 5.20. The summed E-state index contributed by atoms with van der Waals surface area (Å²) in [5, 5.41) is 13.1. The molecule has 1 amide bonds. The second-order valence-electron chi connectivity index (χ2n) is 7.68. The van der Waals surface area contributed by atoms with Crippen molar-refractivity contribution < 1.29 is 32.5 Å². The van der Waals surface area contributed by atoms with Gasteiger partial charge < -0.3 is 10.1 Å². The highest BCUT2D eigenvalue weighted by Gasteiger charge is 2.25. The van der Waals surface area contributed by atoms with Crippen molar-refractivity contribution in [3.63, 3.8) is 0 Å².